The van der Waals surface area contributed by atoms with Crippen molar-refractivity contribution in [2.24, 2.45) is 5.41 Å². The molecule has 0 fully saturated rings. The second-order valence-corrected chi connectivity index (χ2v) is 6.20. The van der Waals surface area contributed by atoms with E-state index in [1.165, 1.54) is 0 Å². The zero-order valence-corrected chi connectivity index (χ0v) is 12.9. The summed E-state index contributed by atoms with van der Waals surface area (Å²) >= 11 is 0. The van der Waals surface area contributed by atoms with E-state index in [4.69, 9.17) is 11.5 Å². The van der Waals surface area contributed by atoms with Crippen molar-refractivity contribution in [2.45, 2.75) is 52.4 Å². The Morgan fingerprint density at radius 3 is 1.95 bits per heavy atom. The number of rotatable bonds is 6. The molecule has 0 aliphatic carbocycles. The molecule has 5 N–H and O–H groups in total. The molecule has 0 aromatic heterocycles. The highest BCUT2D eigenvalue weighted by atomic mass is 16.4. The van der Waals surface area contributed by atoms with Gasteiger partial charge in [-0.25, -0.2) is 0 Å². The fourth-order valence-corrected chi connectivity index (χ4v) is 2.67. The molecule has 0 bridgehead atoms. The third-order valence-corrected chi connectivity index (χ3v) is 4.53. The maximum atomic E-state index is 11.6. The van der Waals surface area contributed by atoms with E-state index in [0.717, 1.165) is 12.0 Å². The average molecular weight is 278 g/mol. The van der Waals surface area contributed by atoms with Crippen molar-refractivity contribution in [3.8, 4) is 0 Å². The second kappa shape index (κ2) is 5.73. The van der Waals surface area contributed by atoms with Crippen molar-refractivity contribution >= 4 is 17.3 Å². The lowest BCUT2D eigenvalue weighted by atomic mass is 9.67. The van der Waals surface area contributed by atoms with Gasteiger partial charge in [0.05, 0.1) is 5.41 Å². The number of nitrogen functional groups attached to an aromatic ring is 2. The Hall–Kier alpha value is -1.71. The van der Waals surface area contributed by atoms with E-state index in [2.05, 4.69) is 13.8 Å². The summed E-state index contributed by atoms with van der Waals surface area (Å²) in [5, 5.41) is 9.50. The molecule has 0 aliphatic heterocycles. The summed E-state index contributed by atoms with van der Waals surface area (Å²) in [7, 11) is 0. The maximum Gasteiger partial charge on any atom is 0.309 e. The van der Waals surface area contributed by atoms with Crippen LogP contribution in [-0.4, -0.2) is 11.1 Å². The zero-order chi connectivity index (χ0) is 15.6. The smallest absolute Gasteiger partial charge is 0.309 e. The SMILES string of the molecule is CCC(C)(CC(C)(CC)c1cc(N)cc(N)c1)C(=O)O. The lowest BCUT2D eigenvalue weighted by molar-refractivity contribution is -0.149. The zero-order valence-electron chi connectivity index (χ0n) is 12.9. The van der Waals surface area contributed by atoms with Crippen molar-refractivity contribution in [1.29, 1.82) is 0 Å². The van der Waals surface area contributed by atoms with Crippen LogP contribution in [0.3, 0.4) is 0 Å². The molecule has 0 aliphatic rings. The highest BCUT2D eigenvalue weighted by Gasteiger charge is 2.39. The Balaban J connectivity index is 3.23. The van der Waals surface area contributed by atoms with Crippen LogP contribution in [0.1, 0.15) is 52.5 Å². The molecule has 0 radical (unpaired) electrons. The van der Waals surface area contributed by atoms with E-state index < -0.39 is 11.4 Å². The van der Waals surface area contributed by atoms with Crippen molar-refractivity contribution in [3.63, 3.8) is 0 Å². The quantitative estimate of drug-likeness (QED) is 0.696. The van der Waals surface area contributed by atoms with Crippen LogP contribution in [0.15, 0.2) is 18.2 Å². The Morgan fingerprint density at radius 1 is 1.10 bits per heavy atom. The number of carboxylic acids is 1. The van der Waals surface area contributed by atoms with Crippen LogP contribution in [0.2, 0.25) is 0 Å². The molecule has 1 aromatic carbocycles. The van der Waals surface area contributed by atoms with Crippen LogP contribution in [-0.2, 0) is 10.2 Å². The van der Waals surface area contributed by atoms with Gasteiger partial charge in [-0.1, -0.05) is 20.8 Å². The van der Waals surface area contributed by atoms with Gasteiger partial charge in [0.25, 0.3) is 0 Å². The van der Waals surface area contributed by atoms with E-state index >= 15 is 0 Å². The van der Waals surface area contributed by atoms with Gasteiger partial charge >= 0.3 is 5.97 Å². The molecule has 1 rings (SSSR count). The first-order valence-electron chi connectivity index (χ1n) is 7.07. The third kappa shape index (κ3) is 3.24. The minimum Gasteiger partial charge on any atom is -0.481 e. The average Bonchev–Trinajstić information content (AvgIpc) is 2.37. The number of anilines is 2. The lowest BCUT2D eigenvalue weighted by Crippen LogP contribution is -2.36. The van der Waals surface area contributed by atoms with Gasteiger partial charge in [-0.3, -0.25) is 4.79 Å². The first-order valence-corrected chi connectivity index (χ1v) is 7.07. The van der Waals surface area contributed by atoms with E-state index in [1.807, 2.05) is 19.1 Å². The molecule has 0 saturated heterocycles. The van der Waals surface area contributed by atoms with Crippen LogP contribution in [0.5, 0.6) is 0 Å². The van der Waals surface area contributed by atoms with Gasteiger partial charge in [0.2, 0.25) is 0 Å². The minimum atomic E-state index is -0.753. The Bertz CT molecular complexity index is 481. The number of hydrogen-bond acceptors (Lipinski definition) is 3. The van der Waals surface area contributed by atoms with Gasteiger partial charge in [0.15, 0.2) is 0 Å². The lowest BCUT2D eigenvalue weighted by Gasteiger charge is -2.37. The minimum absolute atomic E-state index is 0.257. The largest absolute Gasteiger partial charge is 0.481 e. The summed E-state index contributed by atoms with van der Waals surface area (Å²) in [4.78, 5) is 11.6. The molecule has 0 amide bonds. The van der Waals surface area contributed by atoms with E-state index in [-0.39, 0.29) is 5.41 Å². The molecule has 4 heteroatoms. The molecular weight excluding hydrogens is 252 g/mol. The number of hydrogen-bond donors (Lipinski definition) is 3. The number of carbonyl (C=O) groups is 1. The predicted molar refractivity (Wildman–Crippen MR) is 83.6 cm³/mol. The van der Waals surface area contributed by atoms with Gasteiger partial charge in [0, 0.05) is 11.4 Å². The first kappa shape index (κ1) is 16.3. The van der Waals surface area contributed by atoms with Crippen LogP contribution in [0, 0.1) is 5.41 Å². The number of nitrogens with two attached hydrogens (primary N) is 2. The second-order valence-electron chi connectivity index (χ2n) is 6.20. The summed E-state index contributed by atoms with van der Waals surface area (Å²) in [6.45, 7) is 7.87. The number of carboxylic acid groups (broad SMARTS) is 1. The molecular formula is C16H26N2O2. The standard InChI is InChI=1S/C16H26N2O2/c1-5-15(3,10-16(4,6-2)14(19)20)11-7-12(17)9-13(18)8-11/h7-9H,5-6,10,17-18H2,1-4H3,(H,19,20). The molecule has 2 atom stereocenters. The van der Waals surface area contributed by atoms with Crippen molar-refractivity contribution < 1.29 is 9.90 Å². The first-order chi connectivity index (χ1) is 9.16. The Morgan fingerprint density at radius 2 is 1.60 bits per heavy atom. The number of aliphatic carboxylic acids is 1. The fraction of sp³-hybridized carbons (Fsp3) is 0.562. The van der Waals surface area contributed by atoms with E-state index in [0.29, 0.717) is 24.2 Å². The van der Waals surface area contributed by atoms with Gasteiger partial charge in [-0.05, 0) is 55.4 Å². The van der Waals surface area contributed by atoms with Crippen LogP contribution < -0.4 is 11.5 Å². The summed E-state index contributed by atoms with van der Waals surface area (Å²) in [6, 6.07) is 5.52. The molecule has 0 heterocycles. The molecule has 20 heavy (non-hydrogen) atoms. The van der Waals surface area contributed by atoms with Crippen molar-refractivity contribution in [3.05, 3.63) is 23.8 Å². The van der Waals surface area contributed by atoms with Crippen LogP contribution in [0.4, 0.5) is 11.4 Å². The fourth-order valence-electron chi connectivity index (χ4n) is 2.67. The molecule has 0 spiro atoms. The van der Waals surface area contributed by atoms with Crippen LogP contribution in [0.25, 0.3) is 0 Å². The molecule has 1 aromatic rings. The molecule has 4 nitrogen and oxygen atoms in total. The van der Waals surface area contributed by atoms with Crippen LogP contribution >= 0.6 is 0 Å². The predicted octanol–water partition coefficient (Wildman–Crippen LogP) is 3.41. The highest BCUT2D eigenvalue weighted by Crippen LogP contribution is 2.42. The summed E-state index contributed by atoms with van der Waals surface area (Å²) in [5.41, 5.74) is 13.0. The van der Waals surface area contributed by atoms with E-state index in [9.17, 15) is 9.90 Å². The Kier molecular flexibility index (Phi) is 4.69. The van der Waals surface area contributed by atoms with E-state index in [1.54, 1.807) is 13.0 Å². The third-order valence-electron chi connectivity index (χ3n) is 4.53. The molecule has 0 saturated carbocycles. The van der Waals surface area contributed by atoms with Gasteiger partial charge in [0.1, 0.15) is 0 Å². The van der Waals surface area contributed by atoms with Crippen molar-refractivity contribution in [1.82, 2.24) is 0 Å². The van der Waals surface area contributed by atoms with Crippen molar-refractivity contribution in [2.75, 3.05) is 11.5 Å². The summed E-state index contributed by atoms with van der Waals surface area (Å²) < 4.78 is 0. The normalized spacial score (nSPS) is 17.2. The maximum absolute atomic E-state index is 11.6. The van der Waals surface area contributed by atoms with Gasteiger partial charge in [-0.15, -0.1) is 0 Å². The number of benzene rings is 1. The van der Waals surface area contributed by atoms with Gasteiger partial charge < -0.3 is 16.6 Å². The van der Waals surface area contributed by atoms with Gasteiger partial charge in [-0.2, -0.15) is 0 Å². The topological polar surface area (TPSA) is 89.3 Å². The monoisotopic (exact) mass is 278 g/mol. The molecule has 112 valence electrons. The summed E-state index contributed by atoms with van der Waals surface area (Å²) in [6.07, 6.45) is 1.99. The molecule has 2 unspecified atom stereocenters. The summed E-state index contributed by atoms with van der Waals surface area (Å²) in [5.74, 6) is -0.753. The highest BCUT2D eigenvalue weighted by molar-refractivity contribution is 5.74. The Labute approximate surface area is 121 Å².